The summed E-state index contributed by atoms with van der Waals surface area (Å²) in [6, 6.07) is 6.35. The Morgan fingerprint density at radius 1 is 1.27 bits per heavy atom. The molecule has 2 aliphatic rings. The Balaban J connectivity index is 0.00000243. The van der Waals surface area contributed by atoms with Gasteiger partial charge in [0.05, 0.1) is 12.5 Å². The zero-order chi connectivity index (χ0) is 17.9. The van der Waals surface area contributed by atoms with Gasteiger partial charge >= 0.3 is 0 Å². The Morgan fingerprint density at radius 3 is 2.50 bits per heavy atom. The van der Waals surface area contributed by atoms with Crippen molar-refractivity contribution in [1.82, 2.24) is 10.2 Å². The highest BCUT2D eigenvalue weighted by atomic mass is 35.5. The minimum absolute atomic E-state index is 0. The Morgan fingerprint density at radius 2 is 1.92 bits per heavy atom. The molecule has 1 aliphatic heterocycles. The smallest absolute Gasteiger partial charge is 0.233 e. The molecule has 1 amide bonds. The van der Waals surface area contributed by atoms with Crippen molar-refractivity contribution in [2.24, 2.45) is 5.92 Å². The number of ether oxygens (including phenoxy) is 1. The Hall–Kier alpha value is -1.26. The van der Waals surface area contributed by atoms with Crippen LogP contribution in [0.3, 0.4) is 0 Å². The minimum atomic E-state index is -0.336. The van der Waals surface area contributed by atoms with E-state index < -0.39 is 0 Å². The number of hydrogen-bond donors (Lipinski definition) is 1. The van der Waals surface area contributed by atoms with Crippen molar-refractivity contribution in [3.63, 3.8) is 0 Å². The Kier molecular flexibility index (Phi) is 7.36. The van der Waals surface area contributed by atoms with Crippen molar-refractivity contribution in [2.75, 3.05) is 33.8 Å². The van der Waals surface area contributed by atoms with Gasteiger partial charge in [0.2, 0.25) is 5.91 Å². The summed E-state index contributed by atoms with van der Waals surface area (Å²) in [7, 11) is 3.72. The first kappa shape index (κ1) is 21.0. The summed E-state index contributed by atoms with van der Waals surface area (Å²) in [6.45, 7) is 4.91. The van der Waals surface area contributed by atoms with Crippen LogP contribution in [0.2, 0.25) is 0 Å². The molecule has 1 heterocycles. The fourth-order valence-electron chi connectivity index (χ4n) is 4.65. The van der Waals surface area contributed by atoms with E-state index in [0.29, 0.717) is 11.8 Å². The predicted octanol–water partition coefficient (Wildman–Crippen LogP) is 3.70. The SMILES string of the molecule is CNCC1CCN(C(=O)C2(c3ccc(C)c(OC)c3)CCCC2)CC1.Cl. The molecule has 0 spiro atoms. The van der Waals surface area contributed by atoms with Crippen LogP contribution in [0.1, 0.15) is 49.7 Å². The van der Waals surface area contributed by atoms with Gasteiger partial charge in [-0.05, 0) is 69.3 Å². The number of likely N-dealkylation sites (tertiary alicyclic amines) is 1. The molecule has 26 heavy (non-hydrogen) atoms. The number of amides is 1. The number of rotatable bonds is 5. The molecule has 0 bridgehead atoms. The van der Waals surface area contributed by atoms with Crippen LogP contribution in [0.15, 0.2) is 18.2 Å². The topological polar surface area (TPSA) is 41.6 Å². The average Bonchev–Trinajstić information content (AvgIpc) is 3.13. The number of benzene rings is 1. The number of aryl methyl sites for hydroxylation is 1. The van der Waals surface area contributed by atoms with Gasteiger partial charge < -0.3 is 15.0 Å². The molecule has 1 aromatic carbocycles. The summed E-state index contributed by atoms with van der Waals surface area (Å²) in [5.41, 5.74) is 1.94. The number of carbonyl (C=O) groups excluding carboxylic acids is 1. The molecule has 5 heteroatoms. The number of nitrogens with zero attached hydrogens (tertiary/aromatic N) is 1. The van der Waals surface area contributed by atoms with E-state index in [0.717, 1.165) is 75.0 Å². The molecule has 0 unspecified atom stereocenters. The molecule has 146 valence electrons. The highest BCUT2D eigenvalue weighted by Crippen LogP contribution is 2.44. The maximum atomic E-state index is 13.5. The fraction of sp³-hybridized carbons (Fsp3) is 0.667. The highest BCUT2D eigenvalue weighted by Gasteiger charge is 2.45. The lowest BCUT2D eigenvalue weighted by atomic mass is 9.76. The average molecular weight is 381 g/mol. The van der Waals surface area contributed by atoms with Gasteiger partial charge in [0.1, 0.15) is 5.75 Å². The van der Waals surface area contributed by atoms with E-state index in [9.17, 15) is 4.79 Å². The van der Waals surface area contributed by atoms with E-state index in [-0.39, 0.29) is 17.8 Å². The number of piperidine rings is 1. The van der Waals surface area contributed by atoms with Crippen LogP contribution < -0.4 is 10.1 Å². The molecule has 0 radical (unpaired) electrons. The van der Waals surface area contributed by atoms with Gasteiger partial charge in [-0.15, -0.1) is 12.4 Å². The largest absolute Gasteiger partial charge is 0.496 e. The van der Waals surface area contributed by atoms with E-state index >= 15 is 0 Å². The van der Waals surface area contributed by atoms with Crippen LogP contribution in [-0.4, -0.2) is 44.6 Å². The number of nitrogens with one attached hydrogen (secondary N) is 1. The van der Waals surface area contributed by atoms with Crippen molar-refractivity contribution in [2.45, 2.75) is 50.9 Å². The third kappa shape index (κ3) is 4.01. The van der Waals surface area contributed by atoms with Crippen molar-refractivity contribution >= 4 is 18.3 Å². The molecule has 1 saturated carbocycles. The second-order valence-corrected chi connectivity index (χ2v) is 7.77. The van der Waals surface area contributed by atoms with E-state index in [1.54, 1.807) is 7.11 Å². The van der Waals surface area contributed by atoms with Crippen LogP contribution in [-0.2, 0) is 10.2 Å². The quantitative estimate of drug-likeness (QED) is 0.846. The minimum Gasteiger partial charge on any atom is -0.496 e. The second-order valence-electron chi connectivity index (χ2n) is 7.77. The molecular formula is C21H33ClN2O2. The molecule has 1 saturated heterocycles. The van der Waals surface area contributed by atoms with Crippen LogP contribution in [0.25, 0.3) is 0 Å². The van der Waals surface area contributed by atoms with Crippen molar-refractivity contribution in [3.05, 3.63) is 29.3 Å². The third-order valence-corrected chi connectivity index (χ3v) is 6.22. The monoisotopic (exact) mass is 380 g/mol. The van der Waals surface area contributed by atoms with Gasteiger partial charge in [0.25, 0.3) is 0 Å². The van der Waals surface area contributed by atoms with Gasteiger partial charge in [0, 0.05) is 13.1 Å². The molecule has 0 atom stereocenters. The molecule has 1 aliphatic carbocycles. The first-order chi connectivity index (χ1) is 12.1. The number of methoxy groups -OCH3 is 1. The third-order valence-electron chi connectivity index (χ3n) is 6.22. The Labute approximate surface area is 164 Å². The van der Waals surface area contributed by atoms with Gasteiger partial charge in [-0.3, -0.25) is 4.79 Å². The van der Waals surface area contributed by atoms with Crippen molar-refractivity contribution in [1.29, 1.82) is 0 Å². The van der Waals surface area contributed by atoms with E-state index in [1.807, 2.05) is 7.05 Å². The lowest BCUT2D eigenvalue weighted by Gasteiger charge is -2.39. The molecule has 2 fully saturated rings. The van der Waals surface area contributed by atoms with Gasteiger partial charge in [-0.2, -0.15) is 0 Å². The summed E-state index contributed by atoms with van der Waals surface area (Å²) >= 11 is 0. The van der Waals surface area contributed by atoms with Crippen LogP contribution >= 0.6 is 12.4 Å². The summed E-state index contributed by atoms with van der Waals surface area (Å²) in [6.07, 6.45) is 6.43. The van der Waals surface area contributed by atoms with E-state index in [4.69, 9.17) is 4.74 Å². The molecule has 3 rings (SSSR count). The van der Waals surface area contributed by atoms with E-state index in [1.165, 1.54) is 0 Å². The molecule has 4 nitrogen and oxygen atoms in total. The molecule has 1 aromatic rings. The predicted molar refractivity (Wildman–Crippen MR) is 108 cm³/mol. The number of hydrogen-bond acceptors (Lipinski definition) is 3. The van der Waals surface area contributed by atoms with Gasteiger partial charge in [-0.1, -0.05) is 25.0 Å². The van der Waals surface area contributed by atoms with Crippen LogP contribution in [0.4, 0.5) is 0 Å². The second kappa shape index (κ2) is 9.09. The van der Waals surface area contributed by atoms with E-state index in [2.05, 4.69) is 35.3 Å². The summed E-state index contributed by atoms with van der Waals surface area (Å²) in [5, 5.41) is 3.27. The van der Waals surface area contributed by atoms with Gasteiger partial charge in [-0.25, -0.2) is 0 Å². The maximum Gasteiger partial charge on any atom is 0.233 e. The van der Waals surface area contributed by atoms with Crippen LogP contribution in [0.5, 0.6) is 5.75 Å². The molecule has 0 aromatic heterocycles. The summed E-state index contributed by atoms with van der Waals surface area (Å²) in [4.78, 5) is 15.7. The first-order valence-corrected chi connectivity index (χ1v) is 9.70. The highest BCUT2D eigenvalue weighted by molar-refractivity contribution is 5.89. The summed E-state index contributed by atoms with van der Waals surface area (Å²) < 4.78 is 5.52. The first-order valence-electron chi connectivity index (χ1n) is 9.70. The zero-order valence-corrected chi connectivity index (χ0v) is 17.2. The van der Waals surface area contributed by atoms with Crippen molar-refractivity contribution in [3.8, 4) is 5.75 Å². The van der Waals surface area contributed by atoms with Crippen molar-refractivity contribution < 1.29 is 9.53 Å². The van der Waals surface area contributed by atoms with Crippen LogP contribution in [0, 0.1) is 12.8 Å². The summed E-state index contributed by atoms with van der Waals surface area (Å²) in [5.74, 6) is 1.94. The Bertz CT molecular complexity index is 606. The molecular weight excluding hydrogens is 348 g/mol. The standard InChI is InChI=1S/C21H32N2O2.ClH/c1-16-6-7-18(14-19(16)25-3)21(10-4-5-11-21)20(24)23-12-8-17(9-13-23)15-22-2;/h6-7,14,17,22H,4-5,8-13,15H2,1-3H3;1H. The van der Waals surface area contributed by atoms with Gasteiger partial charge in [0.15, 0.2) is 0 Å². The number of carbonyl (C=O) groups is 1. The molecule has 1 N–H and O–H groups in total. The lowest BCUT2D eigenvalue weighted by molar-refractivity contribution is -0.138. The zero-order valence-electron chi connectivity index (χ0n) is 16.3. The maximum absolute atomic E-state index is 13.5. The lowest BCUT2D eigenvalue weighted by Crippen LogP contribution is -2.49. The normalized spacial score (nSPS) is 19.9. The number of halogens is 1. The fourth-order valence-corrected chi connectivity index (χ4v) is 4.65.